The number of nitrogens with two attached hydrogens (primary N) is 2. The Bertz CT molecular complexity index is 1520. The number of nitrogen functional groups attached to an aromatic ring is 2. The maximum absolute atomic E-state index is 13.6. The van der Waals surface area contributed by atoms with Crippen molar-refractivity contribution in [3.63, 3.8) is 0 Å². The Balaban J connectivity index is 1.57. The number of amides is 1. The molecular formula is C23H23FN8O3S. The number of carbonyl (C=O) groups excluding carboxylic acids is 1. The largest absolute Gasteiger partial charge is 0.383 e. The van der Waals surface area contributed by atoms with E-state index >= 15 is 0 Å². The minimum Gasteiger partial charge on any atom is -0.383 e. The molecule has 0 bridgehead atoms. The van der Waals surface area contributed by atoms with E-state index in [1.54, 1.807) is 13.0 Å². The lowest BCUT2D eigenvalue weighted by molar-refractivity contribution is -0.116. The Labute approximate surface area is 208 Å². The van der Waals surface area contributed by atoms with Gasteiger partial charge in [0.25, 0.3) is 5.56 Å². The van der Waals surface area contributed by atoms with Crippen molar-refractivity contribution in [1.29, 1.82) is 0 Å². The third kappa shape index (κ3) is 5.00. The number of thioether (sulfide) groups is 1. The number of anilines is 2. The lowest BCUT2D eigenvalue weighted by Gasteiger charge is -2.23. The molecule has 2 heterocycles. The summed E-state index contributed by atoms with van der Waals surface area (Å²) < 4.78 is 15.9. The van der Waals surface area contributed by atoms with Crippen LogP contribution in [-0.2, 0) is 11.3 Å². The van der Waals surface area contributed by atoms with Gasteiger partial charge in [0, 0.05) is 12.1 Å². The molecule has 0 atom stereocenters. The molecule has 4 rings (SSSR count). The molecule has 13 heteroatoms. The van der Waals surface area contributed by atoms with Crippen molar-refractivity contribution in [1.82, 2.24) is 24.4 Å². The van der Waals surface area contributed by atoms with Crippen LogP contribution in [0.4, 0.5) is 15.9 Å². The summed E-state index contributed by atoms with van der Waals surface area (Å²) in [5, 5.41) is 8.18. The second kappa shape index (κ2) is 10.5. The van der Waals surface area contributed by atoms with Gasteiger partial charge in [-0.1, -0.05) is 54.2 Å². The van der Waals surface area contributed by atoms with Crippen molar-refractivity contribution < 1.29 is 9.18 Å². The maximum Gasteiger partial charge on any atom is 0.330 e. The first kappa shape index (κ1) is 24.7. The van der Waals surface area contributed by atoms with Crippen molar-refractivity contribution in [2.75, 3.05) is 28.8 Å². The van der Waals surface area contributed by atoms with Crippen molar-refractivity contribution in [3.8, 4) is 11.4 Å². The molecular weight excluding hydrogens is 487 g/mol. The van der Waals surface area contributed by atoms with E-state index in [0.29, 0.717) is 5.56 Å². The molecule has 11 nitrogen and oxygen atoms in total. The van der Waals surface area contributed by atoms with Gasteiger partial charge in [0.05, 0.1) is 12.3 Å². The van der Waals surface area contributed by atoms with E-state index in [4.69, 9.17) is 11.6 Å². The fourth-order valence-corrected chi connectivity index (χ4v) is 4.36. The number of hydrogen-bond donors (Lipinski definition) is 3. The van der Waals surface area contributed by atoms with Crippen LogP contribution >= 0.6 is 11.8 Å². The highest BCUT2D eigenvalue weighted by molar-refractivity contribution is 7.99. The number of benzene rings is 2. The van der Waals surface area contributed by atoms with Crippen LogP contribution in [0.1, 0.15) is 12.5 Å². The second-order valence-corrected chi connectivity index (χ2v) is 8.62. The molecule has 5 N–H and O–H groups in total. The monoisotopic (exact) mass is 510 g/mol. The zero-order valence-corrected chi connectivity index (χ0v) is 20.0. The van der Waals surface area contributed by atoms with Crippen LogP contribution in [0.25, 0.3) is 11.4 Å². The number of aromatic amines is 1. The summed E-state index contributed by atoms with van der Waals surface area (Å²) in [4.78, 5) is 41.7. The summed E-state index contributed by atoms with van der Waals surface area (Å²) in [6.07, 6.45) is 0. The molecule has 0 radical (unpaired) electrons. The number of carbonyl (C=O) groups is 1. The van der Waals surface area contributed by atoms with E-state index in [9.17, 15) is 18.8 Å². The Morgan fingerprint density at radius 1 is 1.14 bits per heavy atom. The van der Waals surface area contributed by atoms with E-state index in [-0.39, 0.29) is 41.3 Å². The van der Waals surface area contributed by atoms with Crippen molar-refractivity contribution >= 4 is 29.2 Å². The molecule has 0 saturated heterocycles. The molecule has 0 fully saturated rings. The molecule has 0 unspecified atom stereocenters. The minimum atomic E-state index is -0.766. The molecule has 0 aliphatic rings. The highest BCUT2D eigenvalue weighted by Crippen LogP contribution is 2.24. The second-order valence-electron chi connectivity index (χ2n) is 7.68. The lowest BCUT2D eigenvalue weighted by atomic mass is 10.2. The fourth-order valence-electron chi connectivity index (χ4n) is 3.62. The molecule has 2 aromatic heterocycles. The Morgan fingerprint density at radius 3 is 2.58 bits per heavy atom. The van der Waals surface area contributed by atoms with Crippen LogP contribution in [0, 0.1) is 5.82 Å². The first-order valence-electron chi connectivity index (χ1n) is 10.9. The summed E-state index contributed by atoms with van der Waals surface area (Å²) in [6.45, 7) is 1.93. The number of nitrogens with zero attached hydrogens (tertiary/aromatic N) is 5. The van der Waals surface area contributed by atoms with Gasteiger partial charge in [0.1, 0.15) is 11.6 Å². The number of halogens is 1. The van der Waals surface area contributed by atoms with Crippen LogP contribution in [0.2, 0.25) is 0 Å². The molecule has 0 spiro atoms. The number of H-pyrrole nitrogens is 1. The molecule has 4 aromatic rings. The van der Waals surface area contributed by atoms with Crippen molar-refractivity contribution in [2.45, 2.75) is 18.6 Å². The van der Waals surface area contributed by atoms with E-state index in [1.807, 2.05) is 30.3 Å². The zero-order valence-electron chi connectivity index (χ0n) is 19.2. The molecule has 0 aliphatic carbocycles. The molecule has 186 valence electrons. The van der Waals surface area contributed by atoms with E-state index in [2.05, 4.69) is 15.2 Å². The summed E-state index contributed by atoms with van der Waals surface area (Å²) in [5.41, 5.74) is 5.89. The van der Waals surface area contributed by atoms with Crippen LogP contribution in [0.15, 0.2) is 69.3 Å². The predicted octanol–water partition coefficient (Wildman–Crippen LogP) is 1.42. The van der Waals surface area contributed by atoms with E-state index in [0.717, 1.165) is 22.0 Å². The molecule has 0 saturated carbocycles. The fraction of sp³-hybridized carbons (Fsp3) is 0.174. The van der Waals surface area contributed by atoms with Gasteiger partial charge in [-0.15, -0.1) is 10.2 Å². The highest BCUT2D eigenvalue weighted by atomic mass is 32.2. The third-order valence-corrected chi connectivity index (χ3v) is 6.28. The summed E-state index contributed by atoms with van der Waals surface area (Å²) >= 11 is 0.993. The smallest absolute Gasteiger partial charge is 0.330 e. The summed E-state index contributed by atoms with van der Waals surface area (Å²) in [7, 11) is 0. The first-order valence-corrected chi connectivity index (χ1v) is 11.8. The van der Waals surface area contributed by atoms with Gasteiger partial charge in [-0.2, -0.15) is 0 Å². The molecule has 1 amide bonds. The standard InChI is InChI=1S/C23H23FN8O3S/c1-2-30(18-19(25)31(22(35)27-21(18)34)12-14-7-4-3-5-8-14)17(33)13-36-23-29-28-20(32(23)26)15-9-6-10-16(24)11-15/h3-11H,2,12-13,25-26H2,1H3,(H,27,34,35). The normalized spacial score (nSPS) is 10.9. The number of hydrogen-bond acceptors (Lipinski definition) is 8. The summed E-state index contributed by atoms with van der Waals surface area (Å²) in [5.74, 6) is 5.11. The molecule has 2 aromatic carbocycles. The zero-order chi connectivity index (χ0) is 25.8. The average Bonchev–Trinajstić information content (AvgIpc) is 3.23. The average molecular weight is 511 g/mol. The molecule has 36 heavy (non-hydrogen) atoms. The van der Waals surface area contributed by atoms with Gasteiger partial charge in [-0.25, -0.2) is 13.9 Å². The Morgan fingerprint density at radius 2 is 1.89 bits per heavy atom. The predicted molar refractivity (Wildman–Crippen MR) is 136 cm³/mol. The topological polar surface area (TPSA) is 158 Å². The van der Waals surface area contributed by atoms with Crippen molar-refractivity contribution in [2.24, 2.45) is 0 Å². The van der Waals surface area contributed by atoms with Crippen LogP contribution in [-0.4, -0.2) is 42.6 Å². The van der Waals surface area contributed by atoms with Crippen molar-refractivity contribution in [3.05, 3.63) is 86.8 Å². The van der Waals surface area contributed by atoms with Crippen LogP contribution in [0.3, 0.4) is 0 Å². The van der Waals surface area contributed by atoms with Gasteiger partial charge in [0.2, 0.25) is 11.1 Å². The third-order valence-electron chi connectivity index (χ3n) is 5.36. The number of nitrogens with one attached hydrogen (secondary N) is 1. The van der Waals surface area contributed by atoms with Crippen LogP contribution in [0.5, 0.6) is 0 Å². The maximum atomic E-state index is 13.6. The van der Waals surface area contributed by atoms with E-state index < -0.39 is 23.0 Å². The van der Waals surface area contributed by atoms with E-state index in [1.165, 1.54) is 27.7 Å². The van der Waals surface area contributed by atoms with Gasteiger partial charge < -0.3 is 16.5 Å². The highest BCUT2D eigenvalue weighted by Gasteiger charge is 2.24. The molecule has 0 aliphatic heterocycles. The van der Waals surface area contributed by atoms with Gasteiger partial charge in [-0.3, -0.25) is 19.1 Å². The summed E-state index contributed by atoms with van der Waals surface area (Å²) in [6, 6.07) is 14.8. The quantitative estimate of drug-likeness (QED) is 0.237. The Kier molecular flexibility index (Phi) is 7.20. The van der Waals surface area contributed by atoms with Gasteiger partial charge >= 0.3 is 5.69 Å². The number of aromatic nitrogens is 5. The lowest BCUT2D eigenvalue weighted by Crippen LogP contribution is -2.42. The van der Waals surface area contributed by atoms with Gasteiger partial charge in [-0.05, 0) is 24.6 Å². The van der Waals surface area contributed by atoms with Gasteiger partial charge in [0.15, 0.2) is 11.5 Å². The Hall–Kier alpha value is -4.39. The number of rotatable bonds is 8. The SMILES string of the molecule is CCN(C(=O)CSc1nnc(-c2cccc(F)c2)n1N)c1c(N)n(Cc2ccccc2)c(=O)[nH]c1=O. The minimum absolute atomic E-state index is 0.117. The van der Waals surface area contributed by atoms with Crippen LogP contribution < -0.4 is 27.7 Å². The first-order chi connectivity index (χ1) is 17.3.